The predicted molar refractivity (Wildman–Crippen MR) is 117 cm³/mol. The van der Waals surface area contributed by atoms with E-state index in [4.69, 9.17) is 14.7 Å². The first kappa shape index (κ1) is 17.8. The summed E-state index contributed by atoms with van der Waals surface area (Å²) in [5, 5.41) is 0. The van der Waals surface area contributed by atoms with Gasteiger partial charge in [-0.1, -0.05) is 36.4 Å². The normalized spacial score (nSPS) is 18.6. The lowest BCUT2D eigenvalue weighted by molar-refractivity contribution is -0.0298. The summed E-state index contributed by atoms with van der Waals surface area (Å²) in [5.74, 6) is 0. The number of aryl methyl sites for hydroxylation is 2. The molecule has 2 aromatic carbocycles. The van der Waals surface area contributed by atoms with Gasteiger partial charge in [0.05, 0.1) is 6.33 Å². The van der Waals surface area contributed by atoms with E-state index in [1.807, 2.05) is 6.33 Å². The topological polar surface area (TPSA) is 52.8 Å². The van der Waals surface area contributed by atoms with Gasteiger partial charge < -0.3 is 4.74 Å². The largest absolute Gasteiger partial charge is 0.358 e. The minimum absolute atomic E-state index is 0.0140. The highest BCUT2D eigenvalue weighted by molar-refractivity contribution is 5.94. The third kappa shape index (κ3) is 2.92. The Labute approximate surface area is 175 Å². The molecule has 1 saturated heterocycles. The van der Waals surface area contributed by atoms with Crippen LogP contribution >= 0.6 is 0 Å². The number of ether oxygens (including phenoxy) is 1. The number of fused-ring (bicyclic) bond motifs is 2. The van der Waals surface area contributed by atoms with Gasteiger partial charge >= 0.3 is 0 Å². The van der Waals surface area contributed by atoms with Crippen LogP contribution < -0.4 is 0 Å². The van der Waals surface area contributed by atoms with Crippen molar-refractivity contribution in [3.63, 3.8) is 0 Å². The Morgan fingerprint density at radius 2 is 1.70 bits per heavy atom. The Kier molecular flexibility index (Phi) is 4.34. The predicted octanol–water partition coefficient (Wildman–Crippen LogP) is 5.35. The average molecular weight is 396 g/mol. The lowest BCUT2D eigenvalue weighted by Gasteiger charge is -2.23. The number of hydrogen-bond donors (Lipinski definition) is 0. The van der Waals surface area contributed by atoms with Crippen LogP contribution in [0.5, 0.6) is 0 Å². The Hall–Kier alpha value is -3.05. The molecule has 0 saturated carbocycles. The zero-order chi connectivity index (χ0) is 19.9. The van der Waals surface area contributed by atoms with Gasteiger partial charge in [0.25, 0.3) is 0 Å². The van der Waals surface area contributed by atoms with Crippen molar-refractivity contribution in [1.29, 1.82) is 0 Å². The first-order valence-electron chi connectivity index (χ1n) is 10.9. The molecule has 2 aliphatic rings. The number of aromatic nitrogens is 4. The van der Waals surface area contributed by atoms with Crippen LogP contribution in [-0.2, 0) is 17.6 Å². The lowest BCUT2D eigenvalue weighted by atomic mass is 9.92. The van der Waals surface area contributed by atoms with E-state index in [-0.39, 0.29) is 6.23 Å². The minimum Gasteiger partial charge on any atom is -0.358 e. The highest BCUT2D eigenvalue weighted by atomic mass is 16.5. The Morgan fingerprint density at radius 1 is 0.867 bits per heavy atom. The van der Waals surface area contributed by atoms with Crippen molar-refractivity contribution in [2.45, 2.75) is 44.8 Å². The molecule has 5 nitrogen and oxygen atoms in total. The van der Waals surface area contributed by atoms with Crippen molar-refractivity contribution in [2.75, 3.05) is 6.61 Å². The molecule has 0 radical (unpaired) electrons. The second kappa shape index (κ2) is 7.33. The van der Waals surface area contributed by atoms with Gasteiger partial charge in [-0.3, -0.25) is 4.57 Å². The molecule has 0 bridgehead atoms. The summed E-state index contributed by atoms with van der Waals surface area (Å²) < 4.78 is 8.07. The fourth-order valence-electron chi connectivity index (χ4n) is 4.88. The molecule has 2 aromatic heterocycles. The van der Waals surface area contributed by atoms with Gasteiger partial charge in [0.1, 0.15) is 23.8 Å². The number of nitrogens with zero attached hydrogens (tertiary/aromatic N) is 4. The minimum atomic E-state index is 0.0140. The maximum absolute atomic E-state index is 5.99. The molecular formula is C25H24N4O. The molecular weight excluding hydrogens is 372 g/mol. The Morgan fingerprint density at radius 3 is 2.50 bits per heavy atom. The standard InChI is InChI=1S/C25H24N4O/c1-2-7-17(8-3-1)20-13-18-9-6-10-19(18)14-21(20)23-24-25(27-15-26-23)29(16-28-24)22-11-4-5-12-30-22/h1-3,7-8,13-16,22H,4-6,9-12H2. The van der Waals surface area contributed by atoms with Gasteiger partial charge in [0.2, 0.25) is 0 Å². The second-order valence-corrected chi connectivity index (χ2v) is 8.25. The molecule has 5 heteroatoms. The van der Waals surface area contributed by atoms with Gasteiger partial charge in [0, 0.05) is 12.2 Å². The monoisotopic (exact) mass is 396 g/mol. The zero-order valence-electron chi connectivity index (χ0n) is 16.9. The van der Waals surface area contributed by atoms with E-state index in [1.165, 1.54) is 35.1 Å². The molecule has 150 valence electrons. The van der Waals surface area contributed by atoms with Crippen molar-refractivity contribution in [3.8, 4) is 22.4 Å². The third-order valence-electron chi connectivity index (χ3n) is 6.40. The molecule has 0 spiro atoms. The van der Waals surface area contributed by atoms with Crippen LogP contribution in [0.2, 0.25) is 0 Å². The molecule has 1 aliphatic heterocycles. The molecule has 1 atom stereocenters. The van der Waals surface area contributed by atoms with Crippen molar-refractivity contribution < 1.29 is 4.74 Å². The summed E-state index contributed by atoms with van der Waals surface area (Å²) in [4.78, 5) is 14.1. The van der Waals surface area contributed by atoms with Gasteiger partial charge in [-0.05, 0) is 66.8 Å². The molecule has 0 amide bonds. The highest BCUT2D eigenvalue weighted by Gasteiger charge is 2.23. The van der Waals surface area contributed by atoms with Crippen LogP contribution in [0, 0.1) is 0 Å². The zero-order valence-corrected chi connectivity index (χ0v) is 16.9. The molecule has 6 rings (SSSR count). The summed E-state index contributed by atoms with van der Waals surface area (Å²) >= 11 is 0. The van der Waals surface area contributed by atoms with E-state index < -0.39 is 0 Å². The van der Waals surface area contributed by atoms with Gasteiger partial charge in [0.15, 0.2) is 5.65 Å². The Bertz CT molecular complexity index is 1210. The maximum Gasteiger partial charge on any atom is 0.165 e. The van der Waals surface area contributed by atoms with E-state index in [0.717, 1.165) is 54.7 Å². The fourth-order valence-corrected chi connectivity index (χ4v) is 4.88. The molecule has 1 unspecified atom stereocenters. The average Bonchev–Trinajstić information content (AvgIpc) is 3.46. The van der Waals surface area contributed by atoms with Crippen molar-refractivity contribution >= 4 is 11.2 Å². The summed E-state index contributed by atoms with van der Waals surface area (Å²) in [6, 6.07) is 15.3. The van der Waals surface area contributed by atoms with Crippen molar-refractivity contribution in [3.05, 3.63) is 66.2 Å². The molecule has 4 aromatic rings. The van der Waals surface area contributed by atoms with Crippen LogP contribution in [0.3, 0.4) is 0 Å². The van der Waals surface area contributed by atoms with Crippen LogP contribution in [0.25, 0.3) is 33.5 Å². The summed E-state index contributed by atoms with van der Waals surface area (Å²) in [7, 11) is 0. The number of benzene rings is 2. The van der Waals surface area contributed by atoms with E-state index in [9.17, 15) is 0 Å². The highest BCUT2D eigenvalue weighted by Crippen LogP contribution is 2.39. The number of imidazole rings is 1. The molecule has 0 N–H and O–H groups in total. The summed E-state index contributed by atoms with van der Waals surface area (Å²) in [5.41, 5.74) is 9.08. The fraction of sp³-hybridized carbons (Fsp3) is 0.320. The van der Waals surface area contributed by atoms with Crippen LogP contribution in [0.1, 0.15) is 43.0 Å². The van der Waals surface area contributed by atoms with E-state index in [1.54, 1.807) is 6.33 Å². The van der Waals surface area contributed by atoms with Crippen molar-refractivity contribution in [1.82, 2.24) is 19.5 Å². The quantitative estimate of drug-likeness (QED) is 0.468. The smallest absolute Gasteiger partial charge is 0.165 e. The Balaban J connectivity index is 1.55. The van der Waals surface area contributed by atoms with Crippen molar-refractivity contribution in [2.24, 2.45) is 0 Å². The van der Waals surface area contributed by atoms with Gasteiger partial charge in [-0.2, -0.15) is 0 Å². The first-order valence-corrected chi connectivity index (χ1v) is 10.9. The first-order chi connectivity index (χ1) is 14.9. The number of hydrogen-bond acceptors (Lipinski definition) is 4. The second-order valence-electron chi connectivity index (χ2n) is 8.25. The molecule has 1 aliphatic carbocycles. The van der Waals surface area contributed by atoms with E-state index in [2.05, 4.69) is 52.0 Å². The summed E-state index contributed by atoms with van der Waals surface area (Å²) in [6.07, 6.45) is 10.4. The maximum atomic E-state index is 5.99. The SMILES string of the molecule is c1ccc(-c2cc3c(cc2-c2ncnc4c2ncn4C2CCCCO2)CCC3)cc1. The van der Waals surface area contributed by atoms with E-state index in [0.29, 0.717) is 0 Å². The van der Waals surface area contributed by atoms with E-state index >= 15 is 0 Å². The molecule has 3 heterocycles. The van der Waals surface area contributed by atoms with Gasteiger partial charge in [-0.25, -0.2) is 15.0 Å². The van der Waals surface area contributed by atoms with Crippen LogP contribution in [0.15, 0.2) is 55.1 Å². The lowest BCUT2D eigenvalue weighted by Crippen LogP contribution is -2.17. The van der Waals surface area contributed by atoms with Crippen LogP contribution in [-0.4, -0.2) is 26.1 Å². The number of rotatable bonds is 3. The third-order valence-corrected chi connectivity index (χ3v) is 6.40. The summed E-state index contributed by atoms with van der Waals surface area (Å²) in [6.45, 7) is 0.797. The molecule has 30 heavy (non-hydrogen) atoms. The van der Waals surface area contributed by atoms with Gasteiger partial charge in [-0.15, -0.1) is 0 Å². The van der Waals surface area contributed by atoms with Crippen LogP contribution in [0.4, 0.5) is 0 Å². The molecule has 1 fully saturated rings.